The number of carbonyl (C=O) groups is 2. The number of rotatable bonds is 7. The Hall–Kier alpha value is -2.41. The number of likely N-dealkylation sites (tertiary alicyclic amines) is 1. The third-order valence-electron chi connectivity index (χ3n) is 6.64. The van der Waals surface area contributed by atoms with Gasteiger partial charge in [-0.2, -0.15) is 0 Å². The second-order valence-corrected chi connectivity index (χ2v) is 9.32. The van der Waals surface area contributed by atoms with E-state index < -0.39 is 0 Å². The minimum Gasteiger partial charge on any atom is -0.340 e. The molecule has 0 aliphatic carbocycles. The van der Waals surface area contributed by atoms with Crippen molar-refractivity contribution in [2.24, 2.45) is 0 Å². The van der Waals surface area contributed by atoms with Gasteiger partial charge in [0.1, 0.15) is 0 Å². The highest BCUT2D eigenvalue weighted by Gasteiger charge is 2.29. The van der Waals surface area contributed by atoms with Gasteiger partial charge in [-0.3, -0.25) is 14.5 Å². The van der Waals surface area contributed by atoms with Crippen molar-refractivity contribution in [1.29, 1.82) is 0 Å². The van der Waals surface area contributed by atoms with Gasteiger partial charge in [0.05, 0.1) is 0 Å². The van der Waals surface area contributed by atoms with Gasteiger partial charge in [0.15, 0.2) is 0 Å². The number of benzene rings is 2. The maximum absolute atomic E-state index is 13.5. The van der Waals surface area contributed by atoms with E-state index >= 15 is 0 Å². The molecule has 1 N–H and O–H groups in total. The van der Waals surface area contributed by atoms with Crippen molar-refractivity contribution in [3.63, 3.8) is 0 Å². The normalized spacial score (nSPS) is 17.7. The van der Waals surface area contributed by atoms with Crippen LogP contribution in [-0.4, -0.2) is 78.4 Å². The third-order valence-corrected chi connectivity index (χ3v) is 6.89. The molecule has 0 aromatic heterocycles. The van der Waals surface area contributed by atoms with Gasteiger partial charge in [-0.05, 0) is 42.7 Å². The van der Waals surface area contributed by atoms with E-state index in [0.29, 0.717) is 23.6 Å². The summed E-state index contributed by atoms with van der Waals surface area (Å²) in [7, 11) is 0. The van der Waals surface area contributed by atoms with Gasteiger partial charge in [-0.15, -0.1) is 0 Å². The van der Waals surface area contributed by atoms with Crippen molar-refractivity contribution in [3.8, 4) is 0 Å². The van der Waals surface area contributed by atoms with Gasteiger partial charge in [0, 0.05) is 75.4 Å². The van der Waals surface area contributed by atoms with Crippen molar-refractivity contribution in [2.75, 3.05) is 45.8 Å². The molecule has 0 saturated carbocycles. The number of amides is 2. The molecule has 0 spiro atoms. The zero-order chi connectivity index (χ0) is 23.0. The first-order valence-electron chi connectivity index (χ1n) is 11.9. The minimum absolute atomic E-state index is 0.0127. The summed E-state index contributed by atoms with van der Waals surface area (Å²) in [5.41, 5.74) is 1.94. The molecule has 2 heterocycles. The first-order valence-corrected chi connectivity index (χ1v) is 12.3. The summed E-state index contributed by atoms with van der Waals surface area (Å²) in [6.45, 7) is 6.40. The second-order valence-electron chi connectivity index (χ2n) is 8.88. The summed E-state index contributed by atoms with van der Waals surface area (Å²) < 4.78 is 0. The topological polar surface area (TPSA) is 55.9 Å². The van der Waals surface area contributed by atoms with E-state index in [1.807, 2.05) is 15.9 Å². The van der Waals surface area contributed by atoms with Crippen molar-refractivity contribution < 1.29 is 9.59 Å². The fourth-order valence-electron chi connectivity index (χ4n) is 4.73. The number of nitrogens with zero attached hydrogens (tertiary/aromatic N) is 3. The lowest BCUT2D eigenvalue weighted by molar-refractivity contribution is -0.132. The number of hydrogen-bond donors (Lipinski definition) is 1. The van der Waals surface area contributed by atoms with E-state index in [1.165, 1.54) is 5.56 Å². The molecular formula is C26H33ClN4O2. The molecule has 176 valence electrons. The highest BCUT2D eigenvalue weighted by Crippen LogP contribution is 2.22. The number of piperazine rings is 1. The Balaban J connectivity index is 1.40. The average molecular weight is 469 g/mol. The van der Waals surface area contributed by atoms with Gasteiger partial charge in [0.2, 0.25) is 5.91 Å². The monoisotopic (exact) mass is 468 g/mol. The smallest absolute Gasteiger partial charge is 0.254 e. The molecule has 2 aliphatic rings. The highest BCUT2D eigenvalue weighted by molar-refractivity contribution is 6.30. The molecular weight excluding hydrogens is 436 g/mol. The zero-order valence-corrected chi connectivity index (χ0v) is 19.8. The summed E-state index contributed by atoms with van der Waals surface area (Å²) >= 11 is 6.03. The van der Waals surface area contributed by atoms with Gasteiger partial charge >= 0.3 is 0 Å². The average Bonchev–Trinajstić information content (AvgIpc) is 2.86. The zero-order valence-electron chi connectivity index (χ0n) is 19.1. The largest absolute Gasteiger partial charge is 0.340 e. The van der Waals surface area contributed by atoms with Crippen LogP contribution >= 0.6 is 11.6 Å². The summed E-state index contributed by atoms with van der Waals surface area (Å²) in [6.07, 6.45) is 2.19. The molecule has 2 saturated heterocycles. The molecule has 2 aliphatic heterocycles. The van der Waals surface area contributed by atoms with Crippen LogP contribution in [-0.2, 0) is 11.3 Å². The van der Waals surface area contributed by atoms with Gasteiger partial charge < -0.3 is 15.1 Å². The van der Waals surface area contributed by atoms with Crippen molar-refractivity contribution in [3.05, 3.63) is 70.7 Å². The number of carbonyl (C=O) groups excluding carboxylic acids is 2. The van der Waals surface area contributed by atoms with Crippen molar-refractivity contribution in [2.45, 2.75) is 31.8 Å². The SMILES string of the molecule is O=C(CCN(C(=O)c1ccc(Cl)cc1)C1CCN(Cc2ccccc2)CC1)N1CCNCC1. The van der Waals surface area contributed by atoms with Crippen LogP contribution in [0.3, 0.4) is 0 Å². The second kappa shape index (κ2) is 11.6. The van der Waals surface area contributed by atoms with Crippen LogP contribution in [0.5, 0.6) is 0 Å². The Bertz CT molecular complexity index is 908. The van der Waals surface area contributed by atoms with Crippen LogP contribution in [0.2, 0.25) is 5.02 Å². The molecule has 0 radical (unpaired) electrons. The van der Waals surface area contributed by atoms with E-state index in [0.717, 1.165) is 58.7 Å². The van der Waals surface area contributed by atoms with E-state index in [1.54, 1.807) is 24.3 Å². The molecule has 7 heteroatoms. The molecule has 4 rings (SSSR count). The maximum Gasteiger partial charge on any atom is 0.254 e. The predicted molar refractivity (Wildman–Crippen MR) is 131 cm³/mol. The van der Waals surface area contributed by atoms with Crippen LogP contribution in [0.1, 0.15) is 35.2 Å². The summed E-state index contributed by atoms with van der Waals surface area (Å²) in [6, 6.07) is 17.7. The van der Waals surface area contributed by atoms with Crippen LogP contribution in [0.4, 0.5) is 0 Å². The van der Waals surface area contributed by atoms with Crippen LogP contribution in [0.25, 0.3) is 0 Å². The van der Waals surface area contributed by atoms with Crippen LogP contribution in [0, 0.1) is 0 Å². The molecule has 0 bridgehead atoms. The molecule has 6 nitrogen and oxygen atoms in total. The maximum atomic E-state index is 13.5. The molecule has 2 aromatic carbocycles. The molecule has 2 aromatic rings. The Morgan fingerprint density at radius 1 is 0.939 bits per heavy atom. The van der Waals surface area contributed by atoms with Crippen LogP contribution in [0.15, 0.2) is 54.6 Å². The van der Waals surface area contributed by atoms with E-state index in [-0.39, 0.29) is 17.9 Å². The Labute approximate surface area is 201 Å². The third kappa shape index (κ3) is 6.56. The number of nitrogens with one attached hydrogen (secondary N) is 1. The molecule has 2 fully saturated rings. The Kier molecular flexibility index (Phi) is 8.37. The lowest BCUT2D eigenvalue weighted by atomic mass is 10.0. The quantitative estimate of drug-likeness (QED) is 0.677. The minimum atomic E-state index is -0.0127. The highest BCUT2D eigenvalue weighted by atomic mass is 35.5. The van der Waals surface area contributed by atoms with Crippen LogP contribution < -0.4 is 5.32 Å². The number of piperidine rings is 1. The fourth-order valence-corrected chi connectivity index (χ4v) is 4.85. The summed E-state index contributed by atoms with van der Waals surface area (Å²) in [5, 5.41) is 3.89. The molecule has 0 unspecified atom stereocenters. The summed E-state index contributed by atoms with van der Waals surface area (Å²) in [4.78, 5) is 32.5. The Morgan fingerprint density at radius 2 is 1.61 bits per heavy atom. The molecule has 33 heavy (non-hydrogen) atoms. The van der Waals surface area contributed by atoms with E-state index in [2.05, 4.69) is 34.5 Å². The molecule has 0 atom stereocenters. The van der Waals surface area contributed by atoms with Gasteiger partial charge in [0.25, 0.3) is 5.91 Å². The summed E-state index contributed by atoms with van der Waals surface area (Å²) in [5.74, 6) is 0.119. The van der Waals surface area contributed by atoms with Gasteiger partial charge in [-0.25, -0.2) is 0 Å². The fraction of sp³-hybridized carbons (Fsp3) is 0.462. The standard InChI is InChI=1S/C26H33ClN4O2/c27-23-8-6-22(7-9-23)26(33)31(17-12-25(32)30-18-13-28-14-19-30)24-10-15-29(16-11-24)20-21-4-2-1-3-5-21/h1-9,24,28H,10-20H2. The number of hydrogen-bond acceptors (Lipinski definition) is 4. The van der Waals surface area contributed by atoms with Gasteiger partial charge in [-0.1, -0.05) is 41.9 Å². The first-order chi connectivity index (χ1) is 16.1. The van der Waals surface area contributed by atoms with E-state index in [4.69, 9.17) is 11.6 Å². The lowest BCUT2D eigenvalue weighted by Gasteiger charge is -2.39. The lowest BCUT2D eigenvalue weighted by Crippen LogP contribution is -2.50. The Morgan fingerprint density at radius 3 is 2.27 bits per heavy atom. The van der Waals surface area contributed by atoms with E-state index in [9.17, 15) is 9.59 Å². The van der Waals surface area contributed by atoms with Crippen molar-refractivity contribution >= 4 is 23.4 Å². The van der Waals surface area contributed by atoms with Crippen molar-refractivity contribution in [1.82, 2.24) is 20.0 Å². The number of halogens is 1. The molecule has 2 amide bonds. The first kappa shape index (κ1) is 23.7. The predicted octanol–water partition coefficient (Wildman–Crippen LogP) is 3.27.